The number of hydrogen-bond donors (Lipinski definition) is 0. The van der Waals surface area contributed by atoms with E-state index in [4.69, 9.17) is 16.3 Å². The molecule has 0 aromatic carbocycles. The predicted molar refractivity (Wildman–Crippen MR) is 70.9 cm³/mol. The Labute approximate surface area is 113 Å². The lowest BCUT2D eigenvalue weighted by atomic mass is 10.1. The first-order chi connectivity index (χ1) is 8.65. The minimum Gasteiger partial charge on any atom is -0.459 e. The number of halogens is 1. The van der Waals surface area contributed by atoms with Gasteiger partial charge in [0.05, 0.1) is 5.56 Å². The van der Waals surface area contributed by atoms with Crippen LogP contribution >= 0.6 is 11.6 Å². The number of aromatic nitrogens is 1. The molecule has 1 saturated carbocycles. The van der Waals surface area contributed by atoms with E-state index in [2.05, 4.69) is 4.98 Å². The van der Waals surface area contributed by atoms with Gasteiger partial charge in [-0.2, -0.15) is 0 Å². The summed E-state index contributed by atoms with van der Waals surface area (Å²) < 4.78 is 5.54. The zero-order valence-electron chi connectivity index (χ0n) is 10.6. The minimum atomic E-state index is -0.283. The van der Waals surface area contributed by atoms with Crippen molar-refractivity contribution in [3.63, 3.8) is 0 Å². The largest absolute Gasteiger partial charge is 0.459 e. The fourth-order valence-electron chi connectivity index (χ4n) is 2.33. The Bertz CT molecular complexity index is 406. The van der Waals surface area contributed by atoms with Gasteiger partial charge in [-0.25, -0.2) is 9.78 Å². The van der Waals surface area contributed by atoms with Crippen molar-refractivity contribution in [2.75, 3.05) is 0 Å². The fourth-order valence-corrected chi connectivity index (χ4v) is 2.58. The van der Waals surface area contributed by atoms with Crippen LogP contribution in [-0.2, 0) is 4.74 Å². The quantitative estimate of drug-likeness (QED) is 0.463. The predicted octanol–water partition coefficient (Wildman–Crippen LogP) is 3.92. The summed E-state index contributed by atoms with van der Waals surface area (Å²) in [6.07, 6.45) is 6.80. The molecule has 1 aliphatic rings. The third kappa shape index (κ3) is 3.70. The number of pyridine rings is 1. The van der Waals surface area contributed by atoms with Crippen LogP contribution in [0.4, 0.5) is 0 Å². The molecular weight excluding hydrogens is 250 g/mol. The molecule has 0 unspecified atom stereocenters. The second-order valence-corrected chi connectivity index (χ2v) is 5.23. The molecular formula is C14H18ClNO2. The summed E-state index contributed by atoms with van der Waals surface area (Å²) in [7, 11) is 0. The lowest BCUT2D eigenvalue weighted by molar-refractivity contribution is 0.0267. The summed E-state index contributed by atoms with van der Waals surface area (Å²) in [5, 5.41) is 0.336. The average molecular weight is 268 g/mol. The molecule has 18 heavy (non-hydrogen) atoms. The number of hydrogen-bond acceptors (Lipinski definition) is 3. The molecule has 0 atom stereocenters. The maximum Gasteiger partial charge on any atom is 0.338 e. The van der Waals surface area contributed by atoms with Gasteiger partial charge < -0.3 is 4.74 Å². The molecule has 0 spiro atoms. The van der Waals surface area contributed by atoms with Gasteiger partial charge >= 0.3 is 5.97 Å². The second-order valence-electron chi connectivity index (χ2n) is 4.84. The Balaban J connectivity index is 2.01. The Morgan fingerprint density at radius 2 is 1.94 bits per heavy atom. The van der Waals surface area contributed by atoms with Crippen molar-refractivity contribution < 1.29 is 9.53 Å². The summed E-state index contributed by atoms with van der Waals surface area (Å²) in [5.41, 5.74) is 1.23. The van der Waals surface area contributed by atoms with Gasteiger partial charge in [0.25, 0.3) is 0 Å². The molecule has 0 amide bonds. The van der Waals surface area contributed by atoms with E-state index in [9.17, 15) is 4.79 Å². The summed E-state index contributed by atoms with van der Waals surface area (Å²) in [6.45, 7) is 1.81. The molecule has 1 fully saturated rings. The molecule has 98 valence electrons. The van der Waals surface area contributed by atoms with Crippen molar-refractivity contribution in [1.29, 1.82) is 0 Å². The van der Waals surface area contributed by atoms with Crippen molar-refractivity contribution in [3.8, 4) is 0 Å². The first-order valence-electron chi connectivity index (χ1n) is 6.50. The van der Waals surface area contributed by atoms with Crippen LogP contribution in [0.15, 0.2) is 12.1 Å². The van der Waals surface area contributed by atoms with E-state index in [1.165, 1.54) is 12.8 Å². The molecule has 1 aromatic rings. The minimum absolute atomic E-state index is 0.0623. The van der Waals surface area contributed by atoms with Crippen molar-refractivity contribution in [2.45, 2.75) is 51.6 Å². The monoisotopic (exact) mass is 267 g/mol. The van der Waals surface area contributed by atoms with Gasteiger partial charge in [-0.05, 0) is 44.7 Å². The number of carbonyl (C=O) groups excluding carboxylic acids is 1. The smallest absolute Gasteiger partial charge is 0.338 e. The van der Waals surface area contributed by atoms with Gasteiger partial charge in [0.2, 0.25) is 0 Å². The molecule has 1 heterocycles. The van der Waals surface area contributed by atoms with Gasteiger partial charge in [0.1, 0.15) is 11.3 Å². The maximum atomic E-state index is 12.0. The van der Waals surface area contributed by atoms with Crippen LogP contribution in [0.1, 0.15) is 54.6 Å². The zero-order chi connectivity index (χ0) is 13.0. The third-order valence-electron chi connectivity index (χ3n) is 3.23. The van der Waals surface area contributed by atoms with E-state index in [-0.39, 0.29) is 12.1 Å². The standard InChI is InChI=1S/C14H18ClNO2/c1-10-8-11(9-13(15)16-10)14(17)18-12-6-4-2-3-5-7-12/h8-9,12H,2-7H2,1H3. The molecule has 2 rings (SSSR count). The van der Waals surface area contributed by atoms with Crippen molar-refractivity contribution in [2.24, 2.45) is 0 Å². The van der Waals surface area contributed by atoms with Gasteiger partial charge in [-0.15, -0.1) is 0 Å². The van der Waals surface area contributed by atoms with E-state index < -0.39 is 0 Å². The van der Waals surface area contributed by atoms with Crippen LogP contribution in [0.25, 0.3) is 0 Å². The van der Waals surface area contributed by atoms with Crippen LogP contribution in [0, 0.1) is 6.92 Å². The van der Waals surface area contributed by atoms with Gasteiger partial charge in [-0.3, -0.25) is 0 Å². The third-order valence-corrected chi connectivity index (χ3v) is 3.43. The Hall–Kier alpha value is -1.09. The van der Waals surface area contributed by atoms with E-state index in [1.54, 1.807) is 12.1 Å². The van der Waals surface area contributed by atoms with E-state index >= 15 is 0 Å². The second kappa shape index (κ2) is 6.19. The van der Waals surface area contributed by atoms with Crippen LogP contribution in [0.3, 0.4) is 0 Å². The summed E-state index contributed by atoms with van der Waals surface area (Å²) in [6, 6.07) is 3.28. The van der Waals surface area contributed by atoms with Crippen LogP contribution in [-0.4, -0.2) is 17.1 Å². The first kappa shape index (κ1) is 13.3. The zero-order valence-corrected chi connectivity index (χ0v) is 11.4. The lowest BCUT2D eigenvalue weighted by Gasteiger charge is -2.15. The first-order valence-corrected chi connectivity index (χ1v) is 6.88. The van der Waals surface area contributed by atoms with E-state index in [0.29, 0.717) is 10.7 Å². The highest BCUT2D eigenvalue weighted by Gasteiger charge is 2.18. The van der Waals surface area contributed by atoms with Crippen LogP contribution in [0.5, 0.6) is 0 Å². The molecule has 0 saturated heterocycles. The van der Waals surface area contributed by atoms with Crippen molar-refractivity contribution in [3.05, 3.63) is 28.5 Å². The van der Waals surface area contributed by atoms with Gasteiger partial charge in [0, 0.05) is 5.69 Å². The number of carbonyl (C=O) groups is 1. The summed E-state index contributed by atoms with van der Waals surface area (Å²) >= 11 is 5.84. The highest BCUT2D eigenvalue weighted by Crippen LogP contribution is 2.21. The molecule has 0 N–H and O–H groups in total. The summed E-state index contributed by atoms with van der Waals surface area (Å²) in [5.74, 6) is -0.283. The Kier molecular flexibility index (Phi) is 4.59. The van der Waals surface area contributed by atoms with Crippen LogP contribution < -0.4 is 0 Å². The lowest BCUT2D eigenvalue weighted by Crippen LogP contribution is -2.17. The molecule has 3 nitrogen and oxygen atoms in total. The van der Waals surface area contributed by atoms with E-state index in [0.717, 1.165) is 31.4 Å². The number of esters is 1. The molecule has 0 bridgehead atoms. The highest BCUT2D eigenvalue weighted by atomic mass is 35.5. The molecule has 0 radical (unpaired) electrons. The maximum absolute atomic E-state index is 12.0. The number of nitrogens with zero attached hydrogens (tertiary/aromatic N) is 1. The van der Waals surface area contributed by atoms with Gasteiger partial charge in [-0.1, -0.05) is 24.4 Å². The molecule has 0 aliphatic heterocycles. The normalized spacial score (nSPS) is 17.2. The summed E-state index contributed by atoms with van der Waals surface area (Å²) in [4.78, 5) is 16.1. The number of ether oxygens (including phenoxy) is 1. The van der Waals surface area contributed by atoms with E-state index in [1.807, 2.05) is 6.92 Å². The van der Waals surface area contributed by atoms with Crippen LogP contribution in [0.2, 0.25) is 5.15 Å². The van der Waals surface area contributed by atoms with Crippen molar-refractivity contribution >= 4 is 17.6 Å². The Morgan fingerprint density at radius 3 is 2.56 bits per heavy atom. The molecule has 1 aliphatic carbocycles. The topological polar surface area (TPSA) is 39.2 Å². The SMILES string of the molecule is Cc1cc(C(=O)OC2CCCCCC2)cc(Cl)n1. The van der Waals surface area contributed by atoms with Crippen molar-refractivity contribution in [1.82, 2.24) is 4.98 Å². The molecule has 1 aromatic heterocycles. The number of aryl methyl sites for hydroxylation is 1. The highest BCUT2D eigenvalue weighted by molar-refractivity contribution is 6.29. The van der Waals surface area contributed by atoms with Gasteiger partial charge in [0.15, 0.2) is 0 Å². The fraction of sp³-hybridized carbons (Fsp3) is 0.571. The Morgan fingerprint density at radius 1 is 1.28 bits per heavy atom. The average Bonchev–Trinajstić information content (AvgIpc) is 2.56. The molecule has 4 heteroatoms. The number of rotatable bonds is 2.